The minimum atomic E-state index is -0.238. The molecule has 2 atom stereocenters. The molecule has 0 radical (unpaired) electrons. The lowest BCUT2D eigenvalue weighted by Gasteiger charge is -2.12. The van der Waals surface area contributed by atoms with E-state index in [0.29, 0.717) is 23.7 Å². The quantitative estimate of drug-likeness (QED) is 0.482. The number of rotatable bonds is 6. The van der Waals surface area contributed by atoms with E-state index >= 15 is 0 Å². The third-order valence-corrected chi connectivity index (χ3v) is 3.72. The van der Waals surface area contributed by atoms with Crippen LogP contribution in [-0.4, -0.2) is 38.8 Å². The number of halogens is 2. The summed E-state index contributed by atoms with van der Waals surface area (Å²) in [4.78, 5) is 4.40. The van der Waals surface area contributed by atoms with Gasteiger partial charge in [0, 0.05) is 36.2 Å². The second-order valence-corrected chi connectivity index (χ2v) is 5.39. The summed E-state index contributed by atoms with van der Waals surface area (Å²) in [5, 5.41) is 6.97. The summed E-state index contributed by atoms with van der Waals surface area (Å²) in [5.74, 6) is 0.595. The molecule has 0 aromatic heterocycles. The number of aliphatic imine (C=N–C) groups is 1. The average Bonchev–Trinajstić information content (AvgIpc) is 3.18. The Morgan fingerprint density at radius 2 is 2.33 bits per heavy atom. The molecule has 1 aromatic carbocycles. The van der Waals surface area contributed by atoms with E-state index in [1.54, 1.807) is 19.2 Å². The highest BCUT2D eigenvalue weighted by Gasteiger charge is 2.41. The van der Waals surface area contributed by atoms with Crippen LogP contribution >= 0.6 is 11.6 Å². The molecule has 0 heterocycles. The standard InChI is InChI=1S/C15H21ClFN3O/c1-3-18-15(19-7-8-21-2)20-13-9-10(13)14-11(16)5-4-6-12(14)17/h4-6,10,13H,3,7-9H2,1-2H3,(H2,18,19,20). The summed E-state index contributed by atoms with van der Waals surface area (Å²) in [5.41, 5.74) is 0.601. The molecule has 2 N–H and O–H groups in total. The molecule has 2 rings (SSSR count). The SMILES string of the molecule is CCNC(=NCCOC)NC1CC1c1c(F)cccc1Cl. The highest BCUT2D eigenvalue weighted by Crippen LogP contribution is 2.44. The van der Waals surface area contributed by atoms with E-state index in [2.05, 4.69) is 15.6 Å². The third kappa shape index (κ3) is 4.32. The van der Waals surface area contributed by atoms with E-state index < -0.39 is 0 Å². The molecule has 4 nitrogen and oxygen atoms in total. The molecule has 1 aromatic rings. The highest BCUT2D eigenvalue weighted by atomic mass is 35.5. The second kappa shape index (κ2) is 7.61. The smallest absolute Gasteiger partial charge is 0.191 e. The van der Waals surface area contributed by atoms with Crippen LogP contribution in [0.2, 0.25) is 5.02 Å². The van der Waals surface area contributed by atoms with Gasteiger partial charge in [0.2, 0.25) is 0 Å². The molecule has 0 bridgehead atoms. The minimum absolute atomic E-state index is 0.102. The first-order chi connectivity index (χ1) is 10.2. The van der Waals surface area contributed by atoms with Crippen molar-refractivity contribution in [3.8, 4) is 0 Å². The van der Waals surface area contributed by atoms with E-state index in [4.69, 9.17) is 16.3 Å². The number of guanidine groups is 1. The summed E-state index contributed by atoms with van der Waals surface area (Å²) < 4.78 is 18.9. The van der Waals surface area contributed by atoms with Gasteiger partial charge in [-0.2, -0.15) is 0 Å². The van der Waals surface area contributed by atoms with Crippen molar-refractivity contribution in [2.45, 2.75) is 25.3 Å². The second-order valence-electron chi connectivity index (χ2n) is 4.98. The lowest BCUT2D eigenvalue weighted by atomic mass is 10.1. The number of benzene rings is 1. The summed E-state index contributed by atoms with van der Waals surface area (Å²) in [6.45, 7) is 3.94. The number of methoxy groups -OCH3 is 1. The molecule has 1 aliphatic carbocycles. The first-order valence-corrected chi connectivity index (χ1v) is 7.52. The van der Waals surface area contributed by atoms with Crippen molar-refractivity contribution in [1.29, 1.82) is 0 Å². The van der Waals surface area contributed by atoms with Crippen molar-refractivity contribution in [1.82, 2.24) is 10.6 Å². The van der Waals surface area contributed by atoms with Gasteiger partial charge in [0.25, 0.3) is 0 Å². The molecule has 21 heavy (non-hydrogen) atoms. The van der Waals surface area contributed by atoms with E-state index in [-0.39, 0.29) is 17.8 Å². The Kier molecular flexibility index (Phi) is 5.82. The zero-order chi connectivity index (χ0) is 15.2. The molecule has 1 aliphatic rings. The van der Waals surface area contributed by atoms with Gasteiger partial charge in [-0.05, 0) is 25.5 Å². The molecule has 6 heteroatoms. The van der Waals surface area contributed by atoms with Crippen molar-refractivity contribution >= 4 is 17.6 Å². The van der Waals surface area contributed by atoms with Crippen LogP contribution in [0.4, 0.5) is 4.39 Å². The van der Waals surface area contributed by atoms with Gasteiger partial charge in [-0.3, -0.25) is 4.99 Å². The monoisotopic (exact) mass is 313 g/mol. The highest BCUT2D eigenvalue weighted by molar-refractivity contribution is 6.31. The maximum absolute atomic E-state index is 13.9. The molecular weight excluding hydrogens is 293 g/mol. The van der Waals surface area contributed by atoms with Gasteiger partial charge in [-0.1, -0.05) is 17.7 Å². The van der Waals surface area contributed by atoms with Crippen LogP contribution in [0.15, 0.2) is 23.2 Å². The molecule has 0 spiro atoms. The number of hydrogen-bond acceptors (Lipinski definition) is 2. The lowest BCUT2D eigenvalue weighted by Crippen LogP contribution is -2.39. The van der Waals surface area contributed by atoms with Crippen LogP contribution in [0.1, 0.15) is 24.8 Å². The predicted molar refractivity (Wildman–Crippen MR) is 83.5 cm³/mol. The van der Waals surface area contributed by atoms with Crippen molar-refractivity contribution in [2.75, 3.05) is 26.8 Å². The molecule has 0 aliphatic heterocycles. The summed E-state index contributed by atoms with van der Waals surface area (Å²) in [7, 11) is 1.65. The number of nitrogens with zero attached hydrogens (tertiary/aromatic N) is 1. The van der Waals surface area contributed by atoms with Crippen LogP contribution in [0.3, 0.4) is 0 Å². The summed E-state index contributed by atoms with van der Waals surface area (Å²) in [6, 6.07) is 4.98. The van der Waals surface area contributed by atoms with E-state index in [1.165, 1.54) is 6.07 Å². The van der Waals surface area contributed by atoms with Gasteiger partial charge in [0.15, 0.2) is 5.96 Å². The molecule has 0 saturated heterocycles. The Morgan fingerprint density at radius 3 is 3.00 bits per heavy atom. The largest absolute Gasteiger partial charge is 0.383 e. The molecule has 1 saturated carbocycles. The Morgan fingerprint density at radius 1 is 1.52 bits per heavy atom. The lowest BCUT2D eigenvalue weighted by molar-refractivity contribution is 0.208. The van der Waals surface area contributed by atoms with Crippen molar-refractivity contribution < 1.29 is 9.13 Å². The fraction of sp³-hybridized carbons (Fsp3) is 0.533. The Hall–Kier alpha value is -1.33. The van der Waals surface area contributed by atoms with Crippen LogP contribution in [0.25, 0.3) is 0 Å². The average molecular weight is 314 g/mol. The van der Waals surface area contributed by atoms with Gasteiger partial charge in [-0.25, -0.2) is 4.39 Å². The fourth-order valence-corrected chi connectivity index (χ4v) is 2.59. The van der Waals surface area contributed by atoms with Gasteiger partial charge in [0.05, 0.1) is 13.2 Å². The van der Waals surface area contributed by atoms with Crippen molar-refractivity contribution in [2.24, 2.45) is 4.99 Å². The minimum Gasteiger partial charge on any atom is -0.383 e. The topological polar surface area (TPSA) is 45.7 Å². The van der Waals surface area contributed by atoms with E-state index in [1.807, 2.05) is 6.92 Å². The van der Waals surface area contributed by atoms with E-state index in [0.717, 1.165) is 18.9 Å². The molecule has 2 unspecified atom stereocenters. The van der Waals surface area contributed by atoms with Crippen LogP contribution in [-0.2, 0) is 4.74 Å². The maximum Gasteiger partial charge on any atom is 0.191 e. The summed E-state index contributed by atoms with van der Waals surface area (Å²) in [6.07, 6.45) is 0.856. The fourth-order valence-electron chi connectivity index (χ4n) is 2.28. The van der Waals surface area contributed by atoms with Crippen molar-refractivity contribution in [3.05, 3.63) is 34.6 Å². The Balaban J connectivity index is 1.97. The van der Waals surface area contributed by atoms with Gasteiger partial charge in [0.1, 0.15) is 5.82 Å². The van der Waals surface area contributed by atoms with E-state index in [9.17, 15) is 4.39 Å². The zero-order valence-electron chi connectivity index (χ0n) is 12.3. The predicted octanol–water partition coefficient (Wildman–Crippen LogP) is 2.54. The number of ether oxygens (including phenoxy) is 1. The van der Waals surface area contributed by atoms with Gasteiger partial charge >= 0.3 is 0 Å². The normalized spacial score (nSPS) is 21.2. The summed E-state index contributed by atoms with van der Waals surface area (Å²) >= 11 is 6.10. The number of hydrogen-bond donors (Lipinski definition) is 2. The zero-order valence-corrected chi connectivity index (χ0v) is 13.1. The first kappa shape index (κ1) is 16.0. The molecular formula is C15H21ClFN3O. The van der Waals surface area contributed by atoms with Gasteiger partial charge in [-0.15, -0.1) is 0 Å². The number of nitrogens with one attached hydrogen (secondary N) is 2. The molecule has 1 fully saturated rings. The maximum atomic E-state index is 13.9. The van der Waals surface area contributed by atoms with Crippen LogP contribution < -0.4 is 10.6 Å². The molecule has 0 amide bonds. The third-order valence-electron chi connectivity index (χ3n) is 3.39. The Labute approximate surface area is 129 Å². The van der Waals surface area contributed by atoms with Gasteiger partial charge < -0.3 is 15.4 Å². The first-order valence-electron chi connectivity index (χ1n) is 7.15. The molecule has 116 valence electrons. The van der Waals surface area contributed by atoms with Crippen LogP contribution in [0.5, 0.6) is 0 Å². The van der Waals surface area contributed by atoms with Crippen LogP contribution in [0, 0.1) is 5.82 Å². The van der Waals surface area contributed by atoms with Crippen molar-refractivity contribution in [3.63, 3.8) is 0 Å². The Bertz CT molecular complexity index is 489.